The van der Waals surface area contributed by atoms with Crippen molar-refractivity contribution >= 4 is 16.9 Å². The molecule has 2 aromatic heterocycles. The van der Waals surface area contributed by atoms with E-state index < -0.39 is 0 Å². The highest BCUT2D eigenvalue weighted by Gasteiger charge is 2.15. The minimum atomic E-state index is -0.295. The van der Waals surface area contributed by atoms with Crippen molar-refractivity contribution in [1.29, 1.82) is 0 Å². The van der Waals surface area contributed by atoms with Gasteiger partial charge in [-0.1, -0.05) is 17.3 Å². The smallest absolute Gasteiger partial charge is 0.225 e. The zero-order chi connectivity index (χ0) is 14.8. The topological polar surface area (TPSA) is 96.7 Å². The van der Waals surface area contributed by atoms with Crippen LogP contribution in [-0.2, 0) is 11.2 Å². The molecule has 3 rings (SSSR count). The fraction of sp³-hybridized carbons (Fsp3) is 0.286. The Bertz CT molecular complexity index is 763. The van der Waals surface area contributed by atoms with Crippen LogP contribution >= 0.6 is 0 Å². The van der Waals surface area contributed by atoms with Crippen LogP contribution in [0.25, 0.3) is 11.0 Å². The molecule has 0 fully saturated rings. The van der Waals surface area contributed by atoms with Gasteiger partial charge >= 0.3 is 0 Å². The Hall–Kier alpha value is -2.70. The fourth-order valence-electron chi connectivity index (χ4n) is 2.21. The molecule has 3 aromatic rings. The van der Waals surface area contributed by atoms with Crippen LogP contribution < -0.4 is 5.32 Å². The first-order chi connectivity index (χ1) is 10.1. The van der Waals surface area contributed by atoms with Crippen molar-refractivity contribution in [3.05, 3.63) is 41.4 Å². The first-order valence-electron chi connectivity index (χ1n) is 6.63. The van der Waals surface area contributed by atoms with Gasteiger partial charge in [-0.25, -0.2) is 0 Å². The number of hydrogen-bond donors (Lipinski definition) is 2. The number of nitrogens with one attached hydrogen (secondary N) is 2. The van der Waals surface area contributed by atoms with Crippen LogP contribution in [0.3, 0.4) is 0 Å². The van der Waals surface area contributed by atoms with Gasteiger partial charge in [-0.3, -0.25) is 4.79 Å². The molecule has 7 heteroatoms. The van der Waals surface area contributed by atoms with Crippen LogP contribution in [0.1, 0.15) is 29.9 Å². The summed E-state index contributed by atoms with van der Waals surface area (Å²) in [6, 6.07) is 5.64. The third kappa shape index (κ3) is 2.76. The number of H-pyrrole nitrogens is 1. The maximum atomic E-state index is 12.1. The van der Waals surface area contributed by atoms with E-state index in [1.165, 1.54) is 0 Å². The zero-order valence-electron chi connectivity index (χ0n) is 11.8. The maximum Gasteiger partial charge on any atom is 0.225 e. The van der Waals surface area contributed by atoms with Gasteiger partial charge in [0.25, 0.3) is 0 Å². The summed E-state index contributed by atoms with van der Waals surface area (Å²) in [4.78, 5) is 12.1. The molecule has 1 atom stereocenters. The van der Waals surface area contributed by atoms with Crippen LogP contribution in [0.2, 0.25) is 0 Å². The zero-order valence-corrected chi connectivity index (χ0v) is 11.8. The first-order valence-corrected chi connectivity index (χ1v) is 6.63. The number of carbonyl (C=O) groups excluding carboxylic acids is 1. The number of aromatic nitrogens is 4. The molecule has 7 nitrogen and oxygen atoms in total. The Morgan fingerprint density at radius 1 is 1.48 bits per heavy atom. The Balaban J connectivity index is 1.71. The average Bonchev–Trinajstić information content (AvgIpc) is 3.08. The van der Waals surface area contributed by atoms with Crippen molar-refractivity contribution in [3.8, 4) is 0 Å². The molecule has 1 unspecified atom stereocenters. The number of amides is 1. The highest BCUT2D eigenvalue weighted by molar-refractivity contribution is 5.88. The van der Waals surface area contributed by atoms with Crippen LogP contribution in [0, 0.1) is 6.92 Å². The molecule has 21 heavy (non-hydrogen) atoms. The molecule has 0 bridgehead atoms. The van der Waals surface area contributed by atoms with E-state index in [0.717, 1.165) is 22.1 Å². The van der Waals surface area contributed by atoms with Crippen LogP contribution in [0.4, 0.5) is 0 Å². The van der Waals surface area contributed by atoms with Gasteiger partial charge in [0.05, 0.1) is 18.7 Å². The summed E-state index contributed by atoms with van der Waals surface area (Å²) in [6.07, 6.45) is 1.88. The fourth-order valence-corrected chi connectivity index (χ4v) is 2.21. The standard InChI is InChI=1S/C14H15N5O2/c1-8-3-4-11-10(7-21-12(11)5-8)6-13(20)15-9(2)14-16-18-19-17-14/h3-5,7,9H,6H2,1-2H3,(H,15,20)(H,16,17,18,19). The number of carbonyl (C=O) groups is 1. The monoisotopic (exact) mass is 285 g/mol. The summed E-state index contributed by atoms with van der Waals surface area (Å²) >= 11 is 0. The Kier molecular flexibility index (Phi) is 3.39. The lowest BCUT2D eigenvalue weighted by Gasteiger charge is -2.09. The summed E-state index contributed by atoms with van der Waals surface area (Å²) in [5, 5.41) is 17.3. The SMILES string of the molecule is Cc1ccc2c(CC(=O)NC(C)c3nn[nH]n3)coc2c1. The quantitative estimate of drug-likeness (QED) is 0.760. The largest absolute Gasteiger partial charge is 0.464 e. The van der Waals surface area contributed by atoms with Gasteiger partial charge in [0.15, 0.2) is 5.82 Å². The van der Waals surface area contributed by atoms with E-state index >= 15 is 0 Å². The molecule has 0 saturated carbocycles. The molecule has 0 aliphatic heterocycles. The second-order valence-electron chi connectivity index (χ2n) is 5.00. The molecular formula is C14H15N5O2. The molecule has 2 heterocycles. The number of aryl methyl sites for hydroxylation is 1. The van der Waals surface area contributed by atoms with E-state index in [2.05, 4.69) is 25.9 Å². The van der Waals surface area contributed by atoms with E-state index in [9.17, 15) is 4.79 Å². The first kappa shape index (κ1) is 13.3. The van der Waals surface area contributed by atoms with E-state index in [0.29, 0.717) is 5.82 Å². The molecule has 0 aliphatic rings. The average molecular weight is 285 g/mol. The molecular weight excluding hydrogens is 270 g/mol. The lowest BCUT2D eigenvalue weighted by Crippen LogP contribution is -2.28. The lowest BCUT2D eigenvalue weighted by atomic mass is 10.1. The molecule has 0 spiro atoms. The highest BCUT2D eigenvalue weighted by Crippen LogP contribution is 2.22. The number of tetrazole rings is 1. The minimum absolute atomic E-state index is 0.115. The maximum absolute atomic E-state index is 12.1. The third-order valence-corrected chi connectivity index (χ3v) is 3.29. The van der Waals surface area contributed by atoms with E-state index in [1.807, 2.05) is 25.1 Å². The van der Waals surface area contributed by atoms with E-state index in [1.54, 1.807) is 13.2 Å². The summed E-state index contributed by atoms with van der Waals surface area (Å²) in [7, 11) is 0. The summed E-state index contributed by atoms with van der Waals surface area (Å²) in [5.41, 5.74) is 2.78. The predicted molar refractivity (Wildman–Crippen MR) is 75.4 cm³/mol. The number of fused-ring (bicyclic) bond motifs is 1. The number of nitrogens with zero attached hydrogens (tertiary/aromatic N) is 3. The number of aromatic amines is 1. The van der Waals surface area contributed by atoms with E-state index in [-0.39, 0.29) is 18.4 Å². The summed E-state index contributed by atoms with van der Waals surface area (Å²) in [6.45, 7) is 3.81. The highest BCUT2D eigenvalue weighted by atomic mass is 16.3. The van der Waals surface area contributed by atoms with Crippen LogP contribution in [-0.4, -0.2) is 26.5 Å². The predicted octanol–water partition coefficient (Wildman–Crippen LogP) is 1.67. The van der Waals surface area contributed by atoms with Crippen molar-refractivity contribution in [2.24, 2.45) is 0 Å². The minimum Gasteiger partial charge on any atom is -0.464 e. The molecule has 0 radical (unpaired) electrons. The van der Waals surface area contributed by atoms with Crippen molar-refractivity contribution in [2.45, 2.75) is 26.3 Å². The van der Waals surface area contributed by atoms with Gasteiger partial charge in [0.1, 0.15) is 5.58 Å². The number of furan rings is 1. The molecule has 108 valence electrons. The lowest BCUT2D eigenvalue weighted by molar-refractivity contribution is -0.121. The molecule has 0 saturated heterocycles. The molecule has 1 aromatic carbocycles. The number of rotatable bonds is 4. The van der Waals surface area contributed by atoms with Gasteiger partial charge in [-0.15, -0.1) is 10.2 Å². The molecule has 2 N–H and O–H groups in total. The van der Waals surface area contributed by atoms with Crippen LogP contribution in [0.15, 0.2) is 28.9 Å². The molecule has 0 aliphatic carbocycles. The molecule has 1 amide bonds. The van der Waals surface area contributed by atoms with Crippen molar-refractivity contribution < 1.29 is 9.21 Å². The second kappa shape index (κ2) is 5.35. The third-order valence-electron chi connectivity index (χ3n) is 3.29. The Labute approximate surface area is 120 Å². The van der Waals surface area contributed by atoms with Crippen molar-refractivity contribution in [2.75, 3.05) is 0 Å². The number of hydrogen-bond acceptors (Lipinski definition) is 5. The van der Waals surface area contributed by atoms with Gasteiger partial charge in [0, 0.05) is 10.9 Å². The van der Waals surface area contributed by atoms with Crippen molar-refractivity contribution in [3.63, 3.8) is 0 Å². The number of benzene rings is 1. The van der Waals surface area contributed by atoms with Gasteiger partial charge in [0.2, 0.25) is 5.91 Å². The summed E-state index contributed by atoms with van der Waals surface area (Å²) < 4.78 is 5.49. The van der Waals surface area contributed by atoms with Gasteiger partial charge in [-0.2, -0.15) is 5.21 Å². The van der Waals surface area contributed by atoms with Crippen LogP contribution in [0.5, 0.6) is 0 Å². The summed E-state index contributed by atoms with van der Waals surface area (Å²) in [5.74, 6) is 0.339. The Morgan fingerprint density at radius 2 is 2.33 bits per heavy atom. The van der Waals surface area contributed by atoms with Gasteiger partial charge < -0.3 is 9.73 Å². The second-order valence-corrected chi connectivity index (χ2v) is 5.00. The van der Waals surface area contributed by atoms with E-state index in [4.69, 9.17) is 4.42 Å². The van der Waals surface area contributed by atoms with Crippen molar-refractivity contribution in [1.82, 2.24) is 25.9 Å². The normalized spacial score (nSPS) is 12.5. The Morgan fingerprint density at radius 3 is 3.10 bits per heavy atom. The van der Waals surface area contributed by atoms with Gasteiger partial charge in [-0.05, 0) is 25.5 Å².